The van der Waals surface area contributed by atoms with E-state index in [0.29, 0.717) is 0 Å². The molecule has 0 atom stereocenters. The maximum absolute atomic E-state index is 5.63. The summed E-state index contributed by atoms with van der Waals surface area (Å²) in [5.74, 6) is 1.04. The van der Waals surface area contributed by atoms with Gasteiger partial charge in [-0.3, -0.25) is 0 Å². The van der Waals surface area contributed by atoms with Crippen molar-refractivity contribution >= 4 is 11.5 Å². The first kappa shape index (κ1) is 9.84. The molecule has 1 rings (SSSR count). The zero-order chi connectivity index (χ0) is 9.84. The monoisotopic (exact) mass is 179 g/mol. The van der Waals surface area contributed by atoms with Gasteiger partial charge in [0.1, 0.15) is 5.82 Å². The average Bonchev–Trinajstić information content (AvgIpc) is 2.10. The number of anilines is 2. The third-order valence-corrected chi connectivity index (χ3v) is 2.13. The highest BCUT2D eigenvalue weighted by molar-refractivity contribution is 5.52. The number of aromatic nitrogens is 1. The van der Waals surface area contributed by atoms with E-state index in [-0.39, 0.29) is 0 Å². The van der Waals surface area contributed by atoms with E-state index in [1.165, 1.54) is 0 Å². The van der Waals surface area contributed by atoms with Gasteiger partial charge in [-0.2, -0.15) is 0 Å². The van der Waals surface area contributed by atoms with Crippen LogP contribution in [0.25, 0.3) is 0 Å². The molecule has 2 N–H and O–H groups in total. The second-order valence-electron chi connectivity index (χ2n) is 3.08. The van der Waals surface area contributed by atoms with Crippen molar-refractivity contribution in [3.8, 4) is 0 Å². The summed E-state index contributed by atoms with van der Waals surface area (Å²) < 4.78 is 0. The van der Waals surface area contributed by atoms with Crippen LogP contribution in [0.1, 0.15) is 19.4 Å². The molecule has 1 aromatic rings. The molecular weight excluding hydrogens is 162 g/mol. The van der Waals surface area contributed by atoms with Crippen LogP contribution in [0.15, 0.2) is 12.3 Å². The molecule has 3 heteroatoms. The molecule has 0 spiro atoms. The zero-order valence-corrected chi connectivity index (χ0v) is 8.54. The van der Waals surface area contributed by atoms with Gasteiger partial charge in [0, 0.05) is 13.1 Å². The van der Waals surface area contributed by atoms with E-state index in [9.17, 15) is 0 Å². The van der Waals surface area contributed by atoms with Crippen molar-refractivity contribution in [3.05, 3.63) is 17.8 Å². The summed E-state index contributed by atoms with van der Waals surface area (Å²) in [6, 6.07) is 1.96. The van der Waals surface area contributed by atoms with Crippen LogP contribution in [0.2, 0.25) is 0 Å². The summed E-state index contributed by atoms with van der Waals surface area (Å²) in [7, 11) is 0. The maximum Gasteiger partial charge on any atom is 0.131 e. The molecule has 0 unspecified atom stereocenters. The predicted molar refractivity (Wildman–Crippen MR) is 56.9 cm³/mol. The summed E-state index contributed by atoms with van der Waals surface area (Å²) in [5.41, 5.74) is 7.50. The number of nitrogen functional groups attached to an aromatic ring is 1. The fraction of sp³-hybridized carbons (Fsp3) is 0.500. The zero-order valence-electron chi connectivity index (χ0n) is 8.54. The van der Waals surface area contributed by atoms with Gasteiger partial charge in [-0.25, -0.2) is 4.98 Å². The van der Waals surface area contributed by atoms with Crippen molar-refractivity contribution in [2.24, 2.45) is 0 Å². The van der Waals surface area contributed by atoms with Crippen LogP contribution < -0.4 is 10.6 Å². The summed E-state index contributed by atoms with van der Waals surface area (Å²) in [6.07, 6.45) is 1.71. The van der Waals surface area contributed by atoms with Gasteiger partial charge in [0.25, 0.3) is 0 Å². The Hall–Kier alpha value is -1.25. The molecule has 0 aromatic carbocycles. The third-order valence-electron chi connectivity index (χ3n) is 2.13. The Morgan fingerprint density at radius 1 is 1.38 bits per heavy atom. The van der Waals surface area contributed by atoms with Crippen molar-refractivity contribution in [1.82, 2.24) is 4.98 Å². The van der Waals surface area contributed by atoms with Crippen molar-refractivity contribution < 1.29 is 0 Å². The number of hydrogen-bond acceptors (Lipinski definition) is 3. The van der Waals surface area contributed by atoms with Crippen LogP contribution in [-0.4, -0.2) is 18.1 Å². The molecule has 0 aliphatic rings. The Kier molecular flexibility index (Phi) is 3.12. The van der Waals surface area contributed by atoms with Crippen LogP contribution >= 0.6 is 0 Å². The number of pyridine rings is 1. The molecule has 0 aliphatic heterocycles. The minimum atomic E-state index is 0.730. The smallest absolute Gasteiger partial charge is 0.131 e. The van der Waals surface area contributed by atoms with Crippen LogP contribution in [-0.2, 0) is 0 Å². The molecule has 72 valence electrons. The van der Waals surface area contributed by atoms with Crippen molar-refractivity contribution in [2.75, 3.05) is 23.7 Å². The standard InChI is InChI=1S/C10H17N3/c1-4-13(5-2)10-8(3)6-9(11)7-12-10/h6-7H,4-5,11H2,1-3H3. The van der Waals surface area contributed by atoms with E-state index in [4.69, 9.17) is 5.73 Å². The quantitative estimate of drug-likeness (QED) is 0.769. The number of aryl methyl sites for hydroxylation is 1. The van der Waals surface area contributed by atoms with E-state index in [0.717, 1.165) is 30.2 Å². The Bertz CT molecular complexity index is 279. The first-order valence-corrected chi connectivity index (χ1v) is 4.66. The second kappa shape index (κ2) is 4.12. The minimum Gasteiger partial charge on any atom is -0.397 e. The molecule has 0 aliphatic carbocycles. The van der Waals surface area contributed by atoms with Crippen molar-refractivity contribution in [2.45, 2.75) is 20.8 Å². The predicted octanol–water partition coefficient (Wildman–Crippen LogP) is 1.82. The summed E-state index contributed by atoms with van der Waals surface area (Å²) >= 11 is 0. The van der Waals surface area contributed by atoms with E-state index >= 15 is 0 Å². The molecule has 0 saturated carbocycles. The average molecular weight is 179 g/mol. The van der Waals surface area contributed by atoms with Gasteiger partial charge in [-0.05, 0) is 32.4 Å². The largest absolute Gasteiger partial charge is 0.397 e. The fourth-order valence-corrected chi connectivity index (χ4v) is 1.44. The lowest BCUT2D eigenvalue weighted by molar-refractivity contribution is 0.841. The van der Waals surface area contributed by atoms with Crippen LogP contribution in [0.5, 0.6) is 0 Å². The molecule has 1 heterocycles. The van der Waals surface area contributed by atoms with E-state index < -0.39 is 0 Å². The van der Waals surface area contributed by atoms with Crippen molar-refractivity contribution in [3.63, 3.8) is 0 Å². The highest BCUT2D eigenvalue weighted by Gasteiger charge is 2.06. The summed E-state index contributed by atoms with van der Waals surface area (Å²) in [6.45, 7) is 8.25. The molecule has 0 amide bonds. The molecule has 0 bridgehead atoms. The molecule has 1 aromatic heterocycles. The highest BCUT2D eigenvalue weighted by atomic mass is 15.2. The molecule has 0 fully saturated rings. The normalized spacial score (nSPS) is 10.1. The lowest BCUT2D eigenvalue weighted by atomic mass is 10.2. The van der Waals surface area contributed by atoms with E-state index in [1.807, 2.05) is 13.0 Å². The minimum absolute atomic E-state index is 0.730. The van der Waals surface area contributed by atoms with Gasteiger partial charge in [0.15, 0.2) is 0 Å². The number of nitrogens with two attached hydrogens (primary N) is 1. The first-order valence-electron chi connectivity index (χ1n) is 4.66. The lowest BCUT2D eigenvalue weighted by Crippen LogP contribution is -2.23. The number of hydrogen-bond donors (Lipinski definition) is 1. The van der Waals surface area contributed by atoms with Crippen LogP contribution in [0.4, 0.5) is 11.5 Å². The van der Waals surface area contributed by atoms with Gasteiger partial charge in [-0.15, -0.1) is 0 Å². The van der Waals surface area contributed by atoms with Gasteiger partial charge >= 0.3 is 0 Å². The molecule has 13 heavy (non-hydrogen) atoms. The molecule has 0 radical (unpaired) electrons. The van der Waals surface area contributed by atoms with Crippen molar-refractivity contribution in [1.29, 1.82) is 0 Å². The molecular formula is C10H17N3. The SMILES string of the molecule is CCN(CC)c1ncc(N)cc1C. The van der Waals surface area contributed by atoms with Gasteiger partial charge in [0.05, 0.1) is 11.9 Å². The number of rotatable bonds is 3. The van der Waals surface area contributed by atoms with Crippen LogP contribution in [0, 0.1) is 6.92 Å². The van der Waals surface area contributed by atoms with Crippen LogP contribution in [0.3, 0.4) is 0 Å². The Balaban J connectivity index is 2.99. The lowest BCUT2D eigenvalue weighted by Gasteiger charge is -2.21. The first-order chi connectivity index (χ1) is 6.19. The maximum atomic E-state index is 5.63. The summed E-state index contributed by atoms with van der Waals surface area (Å²) in [4.78, 5) is 6.54. The Morgan fingerprint density at radius 3 is 2.46 bits per heavy atom. The van der Waals surface area contributed by atoms with Gasteiger partial charge < -0.3 is 10.6 Å². The highest BCUT2D eigenvalue weighted by Crippen LogP contribution is 2.17. The van der Waals surface area contributed by atoms with Gasteiger partial charge in [-0.1, -0.05) is 0 Å². The topological polar surface area (TPSA) is 42.2 Å². The van der Waals surface area contributed by atoms with E-state index in [1.54, 1.807) is 6.20 Å². The second-order valence-corrected chi connectivity index (χ2v) is 3.08. The fourth-order valence-electron chi connectivity index (χ4n) is 1.44. The van der Waals surface area contributed by atoms with E-state index in [2.05, 4.69) is 23.7 Å². The third kappa shape index (κ3) is 2.11. The summed E-state index contributed by atoms with van der Waals surface area (Å²) in [5, 5.41) is 0. The molecule has 3 nitrogen and oxygen atoms in total. The Morgan fingerprint density at radius 2 is 2.00 bits per heavy atom. The number of nitrogens with zero attached hydrogens (tertiary/aromatic N) is 2. The van der Waals surface area contributed by atoms with Gasteiger partial charge in [0.2, 0.25) is 0 Å². The molecule has 0 saturated heterocycles. The Labute approximate surface area is 79.6 Å².